The molecule has 3 aliphatic rings. The lowest BCUT2D eigenvalue weighted by atomic mass is 9.93. The third kappa shape index (κ3) is 7.42. The number of hydrazine groups is 1. The molecule has 1 aromatic carbocycles. The summed E-state index contributed by atoms with van der Waals surface area (Å²) in [6.45, 7) is 6.91. The summed E-state index contributed by atoms with van der Waals surface area (Å²) in [5.74, 6) is 0.0450. The monoisotopic (exact) mass is 541 g/mol. The third-order valence-electron chi connectivity index (χ3n) is 7.96. The number of rotatable bonds is 11. The minimum Gasteiger partial charge on any atom is -0.378 e. The number of amides is 1. The van der Waals surface area contributed by atoms with Crippen LogP contribution >= 0.6 is 0 Å². The summed E-state index contributed by atoms with van der Waals surface area (Å²) in [5.41, 5.74) is 9.49. The van der Waals surface area contributed by atoms with Gasteiger partial charge in [-0.25, -0.2) is 15.4 Å². The van der Waals surface area contributed by atoms with Gasteiger partial charge >= 0.3 is 0 Å². The summed E-state index contributed by atoms with van der Waals surface area (Å²) in [6.07, 6.45) is 5.41. The standard InChI is InChI=1S/C28H40FN7O3/c1-20-31-26(25(29)27(32-20)36-12-11-35-13-14-38-19-24(35)17-36)33-34-28(37)23(15-21-7-5-6-8-21)16-30-39-18-22-9-3-2-4-10-22/h2-4,9-10,21,23-24,30H,5-8,11-19H2,1H3,(H,34,37)(H,31,32,33)/t23-,24?/m1/s1. The first-order valence-corrected chi connectivity index (χ1v) is 14.1. The van der Waals surface area contributed by atoms with Gasteiger partial charge in [-0.3, -0.25) is 25.4 Å². The predicted molar refractivity (Wildman–Crippen MR) is 146 cm³/mol. The number of ether oxygens (including phenoxy) is 1. The zero-order valence-electron chi connectivity index (χ0n) is 22.7. The molecule has 0 radical (unpaired) electrons. The quantitative estimate of drug-likeness (QED) is 0.293. The van der Waals surface area contributed by atoms with Gasteiger partial charge in [0.1, 0.15) is 5.82 Å². The number of carbonyl (C=O) groups excluding carboxylic acids is 1. The van der Waals surface area contributed by atoms with Crippen molar-refractivity contribution in [2.75, 3.05) is 56.3 Å². The fraction of sp³-hybridized carbons (Fsp3) is 0.607. The zero-order valence-corrected chi connectivity index (χ0v) is 22.7. The lowest BCUT2D eigenvalue weighted by Crippen LogP contribution is -2.58. The molecule has 3 heterocycles. The highest BCUT2D eigenvalue weighted by Crippen LogP contribution is 2.30. The molecule has 2 atom stereocenters. The molecule has 3 fully saturated rings. The van der Waals surface area contributed by atoms with Crippen molar-refractivity contribution in [2.45, 2.75) is 51.7 Å². The van der Waals surface area contributed by atoms with E-state index in [1.807, 2.05) is 35.2 Å². The van der Waals surface area contributed by atoms with Crippen LogP contribution in [0.3, 0.4) is 0 Å². The second-order valence-corrected chi connectivity index (χ2v) is 10.8. The van der Waals surface area contributed by atoms with Gasteiger partial charge in [0.05, 0.1) is 31.8 Å². The predicted octanol–water partition coefficient (Wildman–Crippen LogP) is 2.81. The lowest BCUT2D eigenvalue weighted by molar-refractivity contribution is -0.126. The molecule has 1 unspecified atom stereocenters. The van der Waals surface area contributed by atoms with Crippen molar-refractivity contribution < 1.29 is 18.8 Å². The first-order valence-electron chi connectivity index (χ1n) is 14.1. The molecule has 2 aliphatic heterocycles. The minimum absolute atomic E-state index is 0.0268. The summed E-state index contributed by atoms with van der Waals surface area (Å²) in [5, 5.41) is 0. The van der Waals surface area contributed by atoms with Gasteiger partial charge in [-0.05, 0) is 24.8 Å². The molecule has 1 aromatic heterocycles. The third-order valence-corrected chi connectivity index (χ3v) is 7.96. The van der Waals surface area contributed by atoms with Crippen LogP contribution in [0.4, 0.5) is 16.0 Å². The fourth-order valence-electron chi connectivity index (χ4n) is 5.80. The van der Waals surface area contributed by atoms with E-state index in [-0.39, 0.29) is 29.5 Å². The number of piperazine rings is 1. The molecule has 5 rings (SSSR count). The van der Waals surface area contributed by atoms with Gasteiger partial charge in [0.25, 0.3) is 0 Å². The highest BCUT2D eigenvalue weighted by Gasteiger charge is 2.32. The number of morpholine rings is 1. The van der Waals surface area contributed by atoms with Crippen LogP contribution in [0.25, 0.3) is 0 Å². The smallest absolute Gasteiger partial charge is 0.242 e. The summed E-state index contributed by atoms with van der Waals surface area (Å²) < 4.78 is 21.2. The number of hydroxylamine groups is 1. The number of carbonyl (C=O) groups is 1. The summed E-state index contributed by atoms with van der Waals surface area (Å²) in [4.78, 5) is 31.8. The van der Waals surface area contributed by atoms with Gasteiger partial charge in [-0.15, -0.1) is 0 Å². The van der Waals surface area contributed by atoms with Crippen LogP contribution in [0.15, 0.2) is 30.3 Å². The number of nitrogens with one attached hydrogen (secondary N) is 3. The van der Waals surface area contributed by atoms with Gasteiger partial charge in [0, 0.05) is 32.7 Å². The maximum absolute atomic E-state index is 15.6. The van der Waals surface area contributed by atoms with Crippen LogP contribution in [0, 0.1) is 24.6 Å². The van der Waals surface area contributed by atoms with Gasteiger partial charge < -0.3 is 9.64 Å². The second-order valence-electron chi connectivity index (χ2n) is 10.8. The van der Waals surface area contributed by atoms with E-state index in [9.17, 15) is 4.79 Å². The molecule has 2 saturated heterocycles. The molecule has 1 aliphatic carbocycles. The molecule has 0 bridgehead atoms. The fourth-order valence-corrected chi connectivity index (χ4v) is 5.80. The van der Waals surface area contributed by atoms with Crippen LogP contribution in [-0.4, -0.2) is 72.8 Å². The molecule has 39 heavy (non-hydrogen) atoms. The summed E-state index contributed by atoms with van der Waals surface area (Å²) in [6, 6.07) is 10.1. The van der Waals surface area contributed by atoms with Crippen molar-refractivity contribution in [3.8, 4) is 0 Å². The van der Waals surface area contributed by atoms with Crippen LogP contribution < -0.4 is 21.2 Å². The molecular formula is C28H40FN7O3. The normalized spacial score (nSPS) is 21.0. The zero-order chi connectivity index (χ0) is 27.0. The Balaban J connectivity index is 1.19. The van der Waals surface area contributed by atoms with E-state index in [0.717, 1.165) is 44.5 Å². The number of anilines is 2. The molecule has 212 valence electrons. The van der Waals surface area contributed by atoms with Crippen LogP contribution in [0.2, 0.25) is 0 Å². The van der Waals surface area contributed by atoms with E-state index < -0.39 is 5.82 Å². The molecule has 10 nitrogen and oxygen atoms in total. The van der Waals surface area contributed by atoms with Crippen LogP contribution in [-0.2, 0) is 21.0 Å². The molecule has 1 amide bonds. The minimum atomic E-state index is -0.567. The number of benzene rings is 1. The number of aryl methyl sites for hydroxylation is 1. The Hall–Kier alpha value is -2.86. The maximum atomic E-state index is 15.6. The van der Waals surface area contributed by atoms with Gasteiger partial charge in [-0.1, -0.05) is 56.0 Å². The van der Waals surface area contributed by atoms with Crippen molar-refractivity contribution in [1.82, 2.24) is 25.8 Å². The lowest BCUT2D eigenvalue weighted by Gasteiger charge is -2.44. The molecule has 0 spiro atoms. The topological polar surface area (TPSA) is 104 Å². The van der Waals surface area contributed by atoms with Crippen molar-refractivity contribution >= 4 is 17.5 Å². The average molecular weight is 542 g/mol. The van der Waals surface area contributed by atoms with E-state index in [0.29, 0.717) is 44.6 Å². The summed E-state index contributed by atoms with van der Waals surface area (Å²) in [7, 11) is 0. The van der Waals surface area contributed by atoms with Crippen LogP contribution in [0.1, 0.15) is 43.5 Å². The molecular weight excluding hydrogens is 501 g/mol. The number of hydrogen-bond donors (Lipinski definition) is 3. The second kappa shape index (κ2) is 13.5. The van der Waals surface area contributed by atoms with Crippen molar-refractivity contribution in [2.24, 2.45) is 11.8 Å². The van der Waals surface area contributed by atoms with Crippen molar-refractivity contribution in [3.63, 3.8) is 0 Å². The maximum Gasteiger partial charge on any atom is 0.242 e. The first-order chi connectivity index (χ1) is 19.1. The van der Waals surface area contributed by atoms with Crippen molar-refractivity contribution in [1.29, 1.82) is 0 Å². The number of hydrogen-bond acceptors (Lipinski definition) is 9. The average Bonchev–Trinajstić information content (AvgIpc) is 3.48. The highest BCUT2D eigenvalue weighted by molar-refractivity contribution is 5.80. The Morgan fingerprint density at radius 3 is 2.82 bits per heavy atom. The van der Waals surface area contributed by atoms with Crippen molar-refractivity contribution in [3.05, 3.63) is 47.5 Å². The van der Waals surface area contributed by atoms with Gasteiger partial charge in [0.2, 0.25) is 11.7 Å². The Morgan fingerprint density at radius 1 is 1.18 bits per heavy atom. The van der Waals surface area contributed by atoms with E-state index >= 15 is 4.39 Å². The van der Waals surface area contributed by atoms with Gasteiger partial charge in [0.15, 0.2) is 11.6 Å². The molecule has 11 heteroatoms. The molecule has 3 N–H and O–H groups in total. The number of aromatic nitrogens is 2. The Kier molecular flexibility index (Phi) is 9.57. The Labute approximate surface area is 229 Å². The highest BCUT2D eigenvalue weighted by atomic mass is 19.1. The Morgan fingerprint density at radius 2 is 2.00 bits per heavy atom. The number of fused-ring (bicyclic) bond motifs is 1. The van der Waals surface area contributed by atoms with Crippen LogP contribution in [0.5, 0.6) is 0 Å². The van der Waals surface area contributed by atoms with E-state index in [1.54, 1.807) is 6.92 Å². The summed E-state index contributed by atoms with van der Waals surface area (Å²) >= 11 is 0. The van der Waals surface area contributed by atoms with E-state index in [2.05, 4.69) is 31.2 Å². The largest absolute Gasteiger partial charge is 0.378 e. The van der Waals surface area contributed by atoms with E-state index in [1.165, 1.54) is 12.8 Å². The Bertz CT molecular complexity index is 1090. The number of halogens is 1. The molecule has 1 saturated carbocycles. The number of nitrogens with zero attached hydrogens (tertiary/aromatic N) is 4. The van der Waals surface area contributed by atoms with Gasteiger partial charge in [-0.2, -0.15) is 4.39 Å². The molecule has 2 aromatic rings. The van der Waals surface area contributed by atoms with E-state index in [4.69, 9.17) is 9.57 Å². The SMILES string of the molecule is Cc1nc(NNC(=O)[C@@H](CNOCc2ccccc2)CC2CCCC2)c(F)c(N2CCN3CCOCC3C2)n1. The first kappa shape index (κ1) is 27.7.